The van der Waals surface area contributed by atoms with Gasteiger partial charge in [-0.3, -0.25) is 14.2 Å². The van der Waals surface area contributed by atoms with Crippen molar-refractivity contribution in [3.05, 3.63) is 28.2 Å². The maximum Gasteiger partial charge on any atom is 0.326 e. The molecule has 0 aliphatic carbocycles. The molecule has 1 rings (SSSR count). The molecule has 0 saturated heterocycles. The summed E-state index contributed by atoms with van der Waals surface area (Å²) < 4.78 is 6.06. The first-order valence-electron chi connectivity index (χ1n) is 4.67. The summed E-state index contributed by atoms with van der Waals surface area (Å²) in [7, 11) is 0. The average molecular weight is 210 g/mol. The van der Waals surface area contributed by atoms with E-state index in [0.717, 1.165) is 0 Å². The van der Waals surface area contributed by atoms with E-state index in [1.54, 1.807) is 13.8 Å². The molecule has 0 aliphatic rings. The molecule has 0 fully saturated rings. The number of hydrogen-bond donors (Lipinski definition) is 1. The molecule has 1 heterocycles. The smallest absolute Gasteiger partial charge is 0.326 e. The average Bonchev–Trinajstić information content (AvgIpc) is 2.19. The van der Waals surface area contributed by atoms with Gasteiger partial charge in [0.25, 0.3) is 5.56 Å². The molecular weight excluding hydrogens is 196 g/mol. The molecular formula is C10H14N2O3. The molecule has 0 aliphatic heterocycles. The fourth-order valence-corrected chi connectivity index (χ4v) is 1.23. The Morgan fingerprint density at radius 1 is 1.53 bits per heavy atom. The molecule has 0 bridgehead atoms. The molecule has 15 heavy (non-hydrogen) atoms. The highest BCUT2D eigenvalue weighted by Gasteiger charge is 2.08. The Kier molecular flexibility index (Phi) is 3.49. The molecule has 0 amide bonds. The van der Waals surface area contributed by atoms with Crippen LogP contribution in [0.5, 0.6) is 0 Å². The van der Waals surface area contributed by atoms with Crippen molar-refractivity contribution in [2.45, 2.75) is 20.4 Å². The third-order valence-corrected chi connectivity index (χ3v) is 2.09. The van der Waals surface area contributed by atoms with E-state index < -0.39 is 5.97 Å². The van der Waals surface area contributed by atoms with Crippen LogP contribution >= 0.6 is 0 Å². The van der Waals surface area contributed by atoms with Gasteiger partial charge in [0.2, 0.25) is 0 Å². The Morgan fingerprint density at radius 2 is 2.20 bits per heavy atom. The highest BCUT2D eigenvalue weighted by Crippen LogP contribution is 2.06. The Balaban J connectivity index is 2.99. The second kappa shape index (κ2) is 4.63. The van der Waals surface area contributed by atoms with Gasteiger partial charge in [0.15, 0.2) is 0 Å². The van der Waals surface area contributed by atoms with Crippen molar-refractivity contribution in [1.82, 2.24) is 4.57 Å². The molecule has 82 valence electrons. The van der Waals surface area contributed by atoms with E-state index in [9.17, 15) is 9.59 Å². The van der Waals surface area contributed by atoms with Crippen LogP contribution in [0.15, 0.2) is 16.9 Å². The standard InChI is InChI=1S/C10H14N2O3/c1-3-15-10(14)6-12-7(2)8(11)4-5-9(12)13/h4-5H,3,6,11H2,1-2H3. The number of pyridine rings is 1. The number of rotatable bonds is 3. The number of carbonyl (C=O) groups excluding carboxylic acids is 1. The van der Waals surface area contributed by atoms with Gasteiger partial charge in [0, 0.05) is 11.8 Å². The van der Waals surface area contributed by atoms with Gasteiger partial charge in [-0.25, -0.2) is 0 Å². The van der Waals surface area contributed by atoms with Gasteiger partial charge in [-0.2, -0.15) is 0 Å². The largest absolute Gasteiger partial charge is 0.465 e. The van der Waals surface area contributed by atoms with Gasteiger partial charge in [-0.1, -0.05) is 0 Å². The lowest BCUT2D eigenvalue weighted by atomic mass is 10.3. The van der Waals surface area contributed by atoms with Crippen molar-refractivity contribution in [3.63, 3.8) is 0 Å². The molecule has 0 spiro atoms. The van der Waals surface area contributed by atoms with E-state index in [4.69, 9.17) is 10.5 Å². The number of carbonyl (C=O) groups is 1. The molecule has 0 unspecified atom stereocenters. The lowest BCUT2D eigenvalue weighted by Crippen LogP contribution is -2.27. The number of nitrogens with two attached hydrogens (primary N) is 1. The molecule has 5 heteroatoms. The molecule has 0 atom stereocenters. The second-order valence-electron chi connectivity index (χ2n) is 3.10. The van der Waals surface area contributed by atoms with Crippen LogP contribution < -0.4 is 11.3 Å². The number of ether oxygens (including phenoxy) is 1. The van der Waals surface area contributed by atoms with Crippen molar-refractivity contribution in [2.24, 2.45) is 0 Å². The zero-order valence-electron chi connectivity index (χ0n) is 8.82. The van der Waals surface area contributed by atoms with Crippen LogP contribution in [0.1, 0.15) is 12.6 Å². The summed E-state index contributed by atoms with van der Waals surface area (Å²) in [5.41, 5.74) is 6.44. The fourth-order valence-electron chi connectivity index (χ4n) is 1.23. The SMILES string of the molecule is CCOC(=O)Cn1c(C)c(N)ccc1=O. The zero-order chi connectivity index (χ0) is 11.4. The highest BCUT2D eigenvalue weighted by atomic mass is 16.5. The Hall–Kier alpha value is -1.78. The van der Waals surface area contributed by atoms with Crippen LogP contribution in [-0.4, -0.2) is 17.1 Å². The summed E-state index contributed by atoms with van der Waals surface area (Å²) >= 11 is 0. The maximum absolute atomic E-state index is 11.4. The summed E-state index contributed by atoms with van der Waals surface area (Å²) in [6.07, 6.45) is 0. The number of anilines is 1. The molecule has 1 aromatic rings. The van der Waals surface area contributed by atoms with Gasteiger partial charge >= 0.3 is 5.97 Å². The monoisotopic (exact) mass is 210 g/mol. The molecule has 1 aromatic heterocycles. The predicted octanol–water partition coefficient (Wildman–Crippen LogP) is 0.302. The summed E-state index contributed by atoms with van der Waals surface area (Å²) in [6.45, 7) is 3.61. The van der Waals surface area contributed by atoms with Gasteiger partial charge in [0.1, 0.15) is 6.54 Å². The van der Waals surface area contributed by atoms with Gasteiger partial charge in [-0.15, -0.1) is 0 Å². The highest BCUT2D eigenvalue weighted by molar-refractivity contribution is 5.69. The minimum absolute atomic E-state index is 0.0937. The maximum atomic E-state index is 11.4. The summed E-state index contributed by atoms with van der Waals surface area (Å²) in [5.74, 6) is -0.437. The third kappa shape index (κ3) is 2.59. The zero-order valence-corrected chi connectivity index (χ0v) is 8.82. The Labute approximate surface area is 87.5 Å². The first-order chi connectivity index (χ1) is 7.06. The molecule has 0 radical (unpaired) electrons. The van der Waals surface area contributed by atoms with Crippen molar-refractivity contribution in [2.75, 3.05) is 12.3 Å². The normalized spacial score (nSPS) is 10.0. The number of nitrogen functional groups attached to an aromatic ring is 1. The molecule has 5 nitrogen and oxygen atoms in total. The van der Waals surface area contributed by atoms with Crippen molar-refractivity contribution < 1.29 is 9.53 Å². The Morgan fingerprint density at radius 3 is 2.80 bits per heavy atom. The van der Waals surface area contributed by atoms with E-state index in [-0.39, 0.29) is 12.1 Å². The van der Waals surface area contributed by atoms with Crippen LogP contribution in [0.25, 0.3) is 0 Å². The molecule has 0 aromatic carbocycles. The van der Waals surface area contributed by atoms with E-state index in [1.807, 2.05) is 0 Å². The Bertz CT molecular complexity index is 423. The van der Waals surface area contributed by atoms with Crippen LogP contribution in [-0.2, 0) is 16.1 Å². The summed E-state index contributed by atoms with van der Waals surface area (Å²) in [4.78, 5) is 22.6. The van der Waals surface area contributed by atoms with Crippen LogP contribution in [0, 0.1) is 6.92 Å². The van der Waals surface area contributed by atoms with E-state index in [0.29, 0.717) is 18.0 Å². The third-order valence-electron chi connectivity index (χ3n) is 2.09. The van der Waals surface area contributed by atoms with Gasteiger partial charge < -0.3 is 10.5 Å². The molecule has 0 saturated carbocycles. The topological polar surface area (TPSA) is 74.3 Å². The first-order valence-corrected chi connectivity index (χ1v) is 4.67. The van der Waals surface area contributed by atoms with Crippen LogP contribution in [0.3, 0.4) is 0 Å². The van der Waals surface area contributed by atoms with Gasteiger partial charge in [0.05, 0.1) is 12.3 Å². The quantitative estimate of drug-likeness (QED) is 0.728. The van der Waals surface area contributed by atoms with E-state index >= 15 is 0 Å². The van der Waals surface area contributed by atoms with E-state index in [1.165, 1.54) is 16.7 Å². The minimum Gasteiger partial charge on any atom is -0.465 e. The minimum atomic E-state index is -0.437. The summed E-state index contributed by atoms with van der Waals surface area (Å²) in [6, 6.07) is 2.86. The van der Waals surface area contributed by atoms with Crippen molar-refractivity contribution in [1.29, 1.82) is 0 Å². The van der Waals surface area contributed by atoms with Crippen LogP contribution in [0.4, 0.5) is 5.69 Å². The van der Waals surface area contributed by atoms with Crippen molar-refractivity contribution in [3.8, 4) is 0 Å². The van der Waals surface area contributed by atoms with E-state index in [2.05, 4.69) is 0 Å². The lowest BCUT2D eigenvalue weighted by Gasteiger charge is -2.10. The number of nitrogens with zero attached hydrogens (tertiary/aromatic N) is 1. The predicted molar refractivity (Wildman–Crippen MR) is 56.5 cm³/mol. The summed E-state index contributed by atoms with van der Waals surface area (Å²) in [5, 5.41) is 0. The first kappa shape index (κ1) is 11.3. The fraction of sp³-hybridized carbons (Fsp3) is 0.400. The number of hydrogen-bond acceptors (Lipinski definition) is 4. The van der Waals surface area contributed by atoms with Gasteiger partial charge in [-0.05, 0) is 19.9 Å². The molecule has 2 N–H and O–H groups in total. The van der Waals surface area contributed by atoms with Crippen LogP contribution in [0.2, 0.25) is 0 Å². The number of aromatic nitrogens is 1. The second-order valence-corrected chi connectivity index (χ2v) is 3.10. The van der Waals surface area contributed by atoms with Crippen molar-refractivity contribution >= 4 is 11.7 Å². The number of esters is 1. The lowest BCUT2D eigenvalue weighted by molar-refractivity contribution is -0.143.